The second-order valence-corrected chi connectivity index (χ2v) is 5.09. The Balaban J connectivity index is 1.87. The summed E-state index contributed by atoms with van der Waals surface area (Å²) in [5.41, 5.74) is 1.13. The molecule has 1 aliphatic rings. The summed E-state index contributed by atoms with van der Waals surface area (Å²) in [5.74, 6) is 0.250. The van der Waals surface area contributed by atoms with Crippen LogP contribution in [0.15, 0.2) is 12.4 Å². The second-order valence-electron chi connectivity index (χ2n) is 5.09. The highest BCUT2D eigenvalue weighted by molar-refractivity contribution is 5.77. The van der Waals surface area contributed by atoms with Crippen molar-refractivity contribution >= 4 is 5.91 Å². The lowest BCUT2D eigenvalue weighted by Crippen LogP contribution is -2.57. The Labute approximate surface area is 108 Å². The number of aromatic nitrogens is 2. The Hall–Kier alpha value is -1.36. The normalized spacial score (nSPS) is 24.3. The van der Waals surface area contributed by atoms with Crippen LogP contribution in [0.5, 0.6) is 0 Å². The maximum atomic E-state index is 12.2. The summed E-state index contributed by atoms with van der Waals surface area (Å²) in [6.45, 7) is 5.95. The van der Waals surface area contributed by atoms with Crippen molar-refractivity contribution in [2.24, 2.45) is 7.05 Å². The Bertz CT molecular complexity index is 415. The first-order valence-corrected chi connectivity index (χ1v) is 6.58. The van der Waals surface area contributed by atoms with E-state index in [0.29, 0.717) is 12.5 Å². The molecule has 1 aromatic rings. The topological polar surface area (TPSA) is 50.2 Å². The molecule has 0 spiro atoms. The summed E-state index contributed by atoms with van der Waals surface area (Å²) in [5, 5.41) is 7.50. The quantitative estimate of drug-likeness (QED) is 0.853. The van der Waals surface area contributed by atoms with Gasteiger partial charge in [0.2, 0.25) is 5.91 Å². The molecule has 18 heavy (non-hydrogen) atoms. The number of carbonyl (C=O) groups excluding carboxylic acids is 1. The predicted molar refractivity (Wildman–Crippen MR) is 70.2 cm³/mol. The smallest absolute Gasteiger partial charge is 0.223 e. The van der Waals surface area contributed by atoms with Gasteiger partial charge in [-0.05, 0) is 25.8 Å². The lowest BCUT2D eigenvalue weighted by Gasteiger charge is -2.38. The number of hydrogen-bond donors (Lipinski definition) is 1. The summed E-state index contributed by atoms with van der Waals surface area (Å²) in [4.78, 5) is 14.2. The molecule has 2 heterocycles. The predicted octanol–water partition coefficient (Wildman–Crippen LogP) is 0.561. The van der Waals surface area contributed by atoms with Gasteiger partial charge in [0, 0.05) is 44.8 Å². The van der Waals surface area contributed by atoms with E-state index >= 15 is 0 Å². The minimum atomic E-state index is 0.250. The van der Waals surface area contributed by atoms with E-state index < -0.39 is 0 Å². The van der Waals surface area contributed by atoms with Gasteiger partial charge in [-0.2, -0.15) is 5.10 Å². The second kappa shape index (κ2) is 5.52. The van der Waals surface area contributed by atoms with Gasteiger partial charge < -0.3 is 10.2 Å². The van der Waals surface area contributed by atoms with Crippen molar-refractivity contribution in [3.8, 4) is 0 Å². The van der Waals surface area contributed by atoms with Gasteiger partial charge in [0.1, 0.15) is 0 Å². The molecule has 2 rings (SSSR count). The fourth-order valence-corrected chi connectivity index (χ4v) is 2.40. The lowest BCUT2D eigenvalue weighted by molar-refractivity contribution is -0.134. The molecule has 1 N–H and O–H groups in total. The summed E-state index contributed by atoms with van der Waals surface area (Å²) < 4.78 is 1.77. The molecule has 2 atom stereocenters. The maximum Gasteiger partial charge on any atom is 0.223 e. The molecule has 1 amide bonds. The molecule has 5 heteroatoms. The summed E-state index contributed by atoms with van der Waals surface area (Å²) in [6.07, 6.45) is 5.15. The van der Waals surface area contributed by atoms with Crippen LogP contribution in [-0.4, -0.2) is 45.8 Å². The molecular formula is C13H22N4O. The van der Waals surface area contributed by atoms with Crippen LogP contribution < -0.4 is 5.32 Å². The van der Waals surface area contributed by atoms with Crippen molar-refractivity contribution in [3.05, 3.63) is 18.0 Å². The van der Waals surface area contributed by atoms with Crippen LogP contribution >= 0.6 is 0 Å². The highest BCUT2D eigenvalue weighted by Gasteiger charge is 2.27. The molecular weight excluding hydrogens is 228 g/mol. The van der Waals surface area contributed by atoms with Crippen molar-refractivity contribution in [2.75, 3.05) is 13.1 Å². The monoisotopic (exact) mass is 250 g/mol. The average Bonchev–Trinajstić information content (AvgIpc) is 2.76. The molecule has 0 aromatic carbocycles. The fraction of sp³-hybridized carbons (Fsp3) is 0.692. The van der Waals surface area contributed by atoms with E-state index in [1.54, 1.807) is 4.68 Å². The van der Waals surface area contributed by atoms with Gasteiger partial charge in [0.15, 0.2) is 0 Å². The Kier molecular flexibility index (Phi) is 4.01. The molecule has 1 saturated heterocycles. The third-order valence-electron chi connectivity index (χ3n) is 3.74. The summed E-state index contributed by atoms with van der Waals surface area (Å²) in [7, 11) is 1.89. The van der Waals surface area contributed by atoms with E-state index in [-0.39, 0.29) is 11.9 Å². The standard InChI is InChI=1S/C13H22N4O/c1-10-11(2)17(7-6-14-10)13(18)5-4-12-8-15-16(3)9-12/h8-11,14H,4-7H2,1-3H3. The van der Waals surface area contributed by atoms with Crippen molar-refractivity contribution in [2.45, 2.75) is 38.8 Å². The molecule has 0 bridgehead atoms. The molecule has 100 valence electrons. The number of rotatable bonds is 3. The van der Waals surface area contributed by atoms with E-state index in [2.05, 4.69) is 24.3 Å². The van der Waals surface area contributed by atoms with E-state index in [4.69, 9.17) is 0 Å². The van der Waals surface area contributed by atoms with E-state index in [1.807, 2.05) is 24.3 Å². The zero-order valence-corrected chi connectivity index (χ0v) is 11.4. The Morgan fingerprint density at radius 1 is 1.56 bits per heavy atom. The van der Waals surface area contributed by atoms with Crippen LogP contribution in [-0.2, 0) is 18.3 Å². The third kappa shape index (κ3) is 2.90. The van der Waals surface area contributed by atoms with E-state index in [1.165, 1.54) is 0 Å². The first-order chi connectivity index (χ1) is 8.58. The zero-order valence-electron chi connectivity index (χ0n) is 11.4. The SMILES string of the molecule is CC1NCCN(C(=O)CCc2cnn(C)c2)C1C. The van der Waals surface area contributed by atoms with Crippen LogP contribution in [0.1, 0.15) is 25.8 Å². The van der Waals surface area contributed by atoms with Gasteiger partial charge in [-0.1, -0.05) is 0 Å². The van der Waals surface area contributed by atoms with Crippen LogP contribution in [0.2, 0.25) is 0 Å². The first-order valence-electron chi connectivity index (χ1n) is 6.58. The first kappa shape index (κ1) is 13.1. The molecule has 1 aromatic heterocycles. The van der Waals surface area contributed by atoms with Gasteiger partial charge in [-0.3, -0.25) is 9.48 Å². The molecule has 1 fully saturated rings. The number of nitrogens with one attached hydrogen (secondary N) is 1. The van der Waals surface area contributed by atoms with Crippen LogP contribution in [0, 0.1) is 0 Å². The van der Waals surface area contributed by atoms with Crippen LogP contribution in [0.25, 0.3) is 0 Å². The summed E-state index contributed by atoms with van der Waals surface area (Å²) >= 11 is 0. The van der Waals surface area contributed by atoms with Crippen molar-refractivity contribution < 1.29 is 4.79 Å². The number of aryl methyl sites for hydroxylation is 2. The van der Waals surface area contributed by atoms with Crippen LogP contribution in [0.3, 0.4) is 0 Å². The minimum Gasteiger partial charge on any atom is -0.337 e. The van der Waals surface area contributed by atoms with Crippen molar-refractivity contribution in [1.29, 1.82) is 0 Å². The number of carbonyl (C=O) groups is 1. The highest BCUT2D eigenvalue weighted by atomic mass is 16.2. The third-order valence-corrected chi connectivity index (χ3v) is 3.74. The fourth-order valence-electron chi connectivity index (χ4n) is 2.40. The number of amides is 1. The largest absolute Gasteiger partial charge is 0.337 e. The number of hydrogen-bond acceptors (Lipinski definition) is 3. The number of nitrogens with zero attached hydrogens (tertiary/aromatic N) is 3. The van der Waals surface area contributed by atoms with Crippen LogP contribution in [0.4, 0.5) is 0 Å². The molecule has 0 radical (unpaired) electrons. The molecule has 0 saturated carbocycles. The highest BCUT2D eigenvalue weighted by Crippen LogP contribution is 2.12. The Morgan fingerprint density at radius 2 is 2.33 bits per heavy atom. The van der Waals surface area contributed by atoms with Gasteiger partial charge in [-0.25, -0.2) is 0 Å². The molecule has 5 nitrogen and oxygen atoms in total. The van der Waals surface area contributed by atoms with E-state index in [9.17, 15) is 4.79 Å². The van der Waals surface area contributed by atoms with Gasteiger partial charge in [0.05, 0.1) is 6.20 Å². The lowest BCUT2D eigenvalue weighted by atomic mass is 10.1. The zero-order chi connectivity index (χ0) is 13.1. The van der Waals surface area contributed by atoms with Gasteiger partial charge in [-0.15, -0.1) is 0 Å². The maximum absolute atomic E-state index is 12.2. The summed E-state index contributed by atoms with van der Waals surface area (Å²) in [6, 6.07) is 0.654. The number of piperazine rings is 1. The Morgan fingerprint density at radius 3 is 3.00 bits per heavy atom. The molecule has 2 unspecified atom stereocenters. The minimum absolute atomic E-state index is 0.250. The molecule has 1 aliphatic heterocycles. The van der Waals surface area contributed by atoms with E-state index in [0.717, 1.165) is 25.1 Å². The van der Waals surface area contributed by atoms with Crippen molar-refractivity contribution in [1.82, 2.24) is 20.0 Å². The van der Waals surface area contributed by atoms with Gasteiger partial charge in [0.25, 0.3) is 0 Å². The van der Waals surface area contributed by atoms with Crippen molar-refractivity contribution in [3.63, 3.8) is 0 Å². The average molecular weight is 250 g/mol. The van der Waals surface area contributed by atoms with Gasteiger partial charge >= 0.3 is 0 Å². The molecule has 0 aliphatic carbocycles.